The van der Waals surface area contributed by atoms with E-state index in [1.54, 1.807) is 0 Å². The third-order valence-electron chi connectivity index (χ3n) is 2.93. The first-order valence-corrected chi connectivity index (χ1v) is 6.27. The molecule has 4 heteroatoms. The molecule has 0 N–H and O–H groups in total. The zero-order valence-electron chi connectivity index (χ0n) is 9.15. The fraction of sp³-hybridized carbons (Fsp3) is 0.636. The lowest BCUT2D eigenvalue weighted by molar-refractivity contribution is 0.452. The minimum absolute atomic E-state index is 0.551. The quantitative estimate of drug-likeness (QED) is 0.734. The second-order valence-corrected chi connectivity index (χ2v) is 5.40. The van der Waals surface area contributed by atoms with Gasteiger partial charge < -0.3 is 4.90 Å². The van der Waals surface area contributed by atoms with Gasteiger partial charge in [0.2, 0.25) is 5.95 Å². The lowest BCUT2D eigenvalue weighted by Gasteiger charge is -2.34. The number of aromatic nitrogens is 2. The lowest BCUT2D eigenvalue weighted by atomic mass is 9.99. The summed E-state index contributed by atoms with van der Waals surface area (Å²) in [5.41, 5.74) is 1.03. The molecule has 1 aromatic rings. The summed E-state index contributed by atoms with van der Waals surface area (Å²) >= 11 is 3.71. The summed E-state index contributed by atoms with van der Waals surface area (Å²) in [6.45, 7) is 6.36. The van der Waals surface area contributed by atoms with Gasteiger partial charge in [0, 0.05) is 29.8 Å². The van der Waals surface area contributed by atoms with Crippen LogP contribution in [-0.4, -0.2) is 27.9 Å². The van der Waals surface area contributed by atoms with Gasteiger partial charge in [-0.1, -0.05) is 22.9 Å². The third kappa shape index (κ3) is 2.48. The number of rotatable bonds is 1. The molecule has 0 saturated carbocycles. The highest BCUT2D eigenvalue weighted by molar-refractivity contribution is 9.09. The largest absolute Gasteiger partial charge is 0.340 e. The van der Waals surface area contributed by atoms with E-state index in [-0.39, 0.29) is 0 Å². The Morgan fingerprint density at radius 1 is 1.53 bits per heavy atom. The average Bonchev–Trinajstić information content (AvgIpc) is 2.22. The predicted molar refractivity (Wildman–Crippen MR) is 65.5 cm³/mol. The van der Waals surface area contributed by atoms with Crippen molar-refractivity contribution in [3.63, 3.8) is 0 Å². The highest BCUT2D eigenvalue weighted by Gasteiger charge is 2.25. The summed E-state index contributed by atoms with van der Waals surface area (Å²) in [7, 11) is 0. The molecule has 1 fully saturated rings. The molecule has 0 amide bonds. The maximum absolute atomic E-state index is 4.45. The van der Waals surface area contributed by atoms with E-state index in [4.69, 9.17) is 0 Å². The Kier molecular flexibility index (Phi) is 3.24. The van der Waals surface area contributed by atoms with Crippen LogP contribution in [0, 0.1) is 12.8 Å². The van der Waals surface area contributed by atoms with Crippen molar-refractivity contribution in [1.82, 2.24) is 9.97 Å². The van der Waals surface area contributed by atoms with Crippen LogP contribution in [0.4, 0.5) is 5.95 Å². The first-order chi connectivity index (χ1) is 7.16. The van der Waals surface area contributed by atoms with Crippen LogP contribution in [0.2, 0.25) is 0 Å². The summed E-state index contributed by atoms with van der Waals surface area (Å²) in [6.07, 6.45) is 3.03. The Morgan fingerprint density at radius 2 is 2.33 bits per heavy atom. The number of piperidine rings is 1. The van der Waals surface area contributed by atoms with E-state index in [9.17, 15) is 0 Å². The van der Waals surface area contributed by atoms with E-state index in [0.717, 1.165) is 30.6 Å². The zero-order chi connectivity index (χ0) is 10.8. The number of halogens is 1. The Labute approximate surface area is 99.0 Å². The Bertz CT molecular complexity index is 342. The maximum atomic E-state index is 4.45. The van der Waals surface area contributed by atoms with Gasteiger partial charge in [0.15, 0.2) is 0 Å². The second kappa shape index (κ2) is 4.47. The van der Waals surface area contributed by atoms with Crippen LogP contribution in [0.5, 0.6) is 0 Å². The van der Waals surface area contributed by atoms with Gasteiger partial charge in [-0.25, -0.2) is 9.97 Å². The molecule has 0 aliphatic carbocycles. The number of aryl methyl sites for hydroxylation is 1. The zero-order valence-corrected chi connectivity index (χ0v) is 10.7. The van der Waals surface area contributed by atoms with Crippen LogP contribution in [-0.2, 0) is 0 Å². The Morgan fingerprint density at radius 3 is 3.00 bits per heavy atom. The summed E-state index contributed by atoms with van der Waals surface area (Å²) in [4.78, 5) is 11.6. The molecule has 3 nitrogen and oxygen atoms in total. The third-order valence-corrected chi connectivity index (χ3v) is 4.12. The van der Waals surface area contributed by atoms with Crippen molar-refractivity contribution in [2.45, 2.75) is 25.1 Å². The molecular weight excluding hydrogens is 254 g/mol. The maximum Gasteiger partial charge on any atom is 0.225 e. The van der Waals surface area contributed by atoms with E-state index in [1.807, 2.05) is 19.2 Å². The van der Waals surface area contributed by atoms with Crippen LogP contribution in [0.1, 0.15) is 19.0 Å². The van der Waals surface area contributed by atoms with Crippen LogP contribution in [0.25, 0.3) is 0 Å². The smallest absolute Gasteiger partial charge is 0.225 e. The standard InChI is InChI=1S/C11H16BrN3/c1-8-4-6-15(7-10(8)12)11-13-5-3-9(2)14-11/h3,5,8,10H,4,6-7H2,1-2H3. The van der Waals surface area contributed by atoms with Gasteiger partial charge in [0.1, 0.15) is 0 Å². The van der Waals surface area contributed by atoms with Crippen LogP contribution >= 0.6 is 15.9 Å². The van der Waals surface area contributed by atoms with Gasteiger partial charge in [-0.15, -0.1) is 0 Å². The molecule has 1 aliphatic rings. The molecule has 0 radical (unpaired) electrons. The summed E-state index contributed by atoms with van der Waals surface area (Å²) < 4.78 is 0. The first-order valence-electron chi connectivity index (χ1n) is 5.35. The lowest BCUT2D eigenvalue weighted by Crippen LogP contribution is -2.41. The van der Waals surface area contributed by atoms with Crippen molar-refractivity contribution >= 4 is 21.9 Å². The Balaban J connectivity index is 2.12. The van der Waals surface area contributed by atoms with E-state index < -0.39 is 0 Å². The van der Waals surface area contributed by atoms with Gasteiger partial charge >= 0.3 is 0 Å². The van der Waals surface area contributed by atoms with Gasteiger partial charge in [0.25, 0.3) is 0 Å². The van der Waals surface area contributed by atoms with Crippen molar-refractivity contribution in [3.8, 4) is 0 Å². The van der Waals surface area contributed by atoms with E-state index in [1.165, 1.54) is 6.42 Å². The topological polar surface area (TPSA) is 29.0 Å². The molecule has 0 spiro atoms. The highest BCUT2D eigenvalue weighted by atomic mass is 79.9. The van der Waals surface area contributed by atoms with Crippen molar-refractivity contribution in [2.24, 2.45) is 5.92 Å². The van der Waals surface area contributed by atoms with Gasteiger partial charge in [0.05, 0.1) is 0 Å². The van der Waals surface area contributed by atoms with E-state index in [2.05, 4.69) is 37.7 Å². The molecule has 1 saturated heterocycles. The SMILES string of the molecule is Cc1ccnc(N2CCC(C)C(Br)C2)n1. The Hall–Kier alpha value is -0.640. The average molecular weight is 270 g/mol. The number of hydrogen-bond donors (Lipinski definition) is 0. The minimum atomic E-state index is 0.551. The fourth-order valence-corrected chi connectivity index (χ4v) is 2.41. The summed E-state index contributed by atoms with van der Waals surface area (Å²) in [5.74, 6) is 1.61. The molecular formula is C11H16BrN3. The minimum Gasteiger partial charge on any atom is -0.340 e. The normalized spacial score (nSPS) is 26.7. The molecule has 2 heterocycles. The second-order valence-electron chi connectivity index (χ2n) is 4.23. The fourth-order valence-electron chi connectivity index (χ4n) is 1.79. The van der Waals surface area contributed by atoms with Crippen molar-refractivity contribution in [2.75, 3.05) is 18.0 Å². The number of alkyl halides is 1. The molecule has 0 aromatic carbocycles. The van der Waals surface area contributed by atoms with Crippen LogP contribution in [0.3, 0.4) is 0 Å². The van der Waals surface area contributed by atoms with Crippen molar-refractivity contribution in [3.05, 3.63) is 18.0 Å². The predicted octanol–water partition coefficient (Wildman–Crippen LogP) is 2.39. The number of anilines is 1. The molecule has 2 atom stereocenters. The molecule has 1 aliphatic heterocycles. The van der Waals surface area contributed by atoms with Crippen molar-refractivity contribution < 1.29 is 0 Å². The molecule has 2 unspecified atom stereocenters. The molecule has 15 heavy (non-hydrogen) atoms. The van der Waals surface area contributed by atoms with Crippen LogP contribution in [0.15, 0.2) is 12.3 Å². The van der Waals surface area contributed by atoms with Gasteiger partial charge in [-0.3, -0.25) is 0 Å². The molecule has 2 rings (SSSR count). The van der Waals surface area contributed by atoms with Crippen LogP contribution < -0.4 is 4.90 Å². The molecule has 82 valence electrons. The van der Waals surface area contributed by atoms with Gasteiger partial charge in [-0.2, -0.15) is 0 Å². The number of nitrogens with zero attached hydrogens (tertiary/aromatic N) is 3. The highest BCUT2D eigenvalue weighted by Crippen LogP contribution is 2.25. The van der Waals surface area contributed by atoms with Gasteiger partial charge in [-0.05, 0) is 25.3 Å². The molecule has 0 bridgehead atoms. The summed E-state index contributed by atoms with van der Waals surface area (Å²) in [5, 5.41) is 0. The monoisotopic (exact) mass is 269 g/mol. The first kappa shape index (κ1) is 10.9. The molecule has 1 aromatic heterocycles. The summed E-state index contributed by atoms with van der Waals surface area (Å²) in [6, 6.07) is 1.93. The van der Waals surface area contributed by atoms with Crippen molar-refractivity contribution in [1.29, 1.82) is 0 Å². The number of hydrogen-bond acceptors (Lipinski definition) is 3. The van der Waals surface area contributed by atoms with E-state index in [0.29, 0.717) is 4.83 Å². The van der Waals surface area contributed by atoms with E-state index >= 15 is 0 Å².